The van der Waals surface area contributed by atoms with E-state index in [2.05, 4.69) is 0 Å². The lowest BCUT2D eigenvalue weighted by atomic mass is 9.44. The molecule has 330 valence electrons. The first-order valence-corrected chi connectivity index (χ1v) is 22.6. The van der Waals surface area contributed by atoms with Gasteiger partial charge in [0.1, 0.15) is 17.8 Å². The molecule has 60 heavy (non-hydrogen) atoms. The predicted molar refractivity (Wildman–Crippen MR) is 209 cm³/mol. The van der Waals surface area contributed by atoms with E-state index in [1.165, 1.54) is 50.3 Å². The Morgan fingerprint density at radius 1 is 0.783 bits per heavy atom. The molecule has 0 aliphatic heterocycles. The summed E-state index contributed by atoms with van der Waals surface area (Å²) >= 11 is 0. The van der Waals surface area contributed by atoms with Crippen molar-refractivity contribution in [2.75, 3.05) is 6.61 Å². The molecular weight excluding hydrogens is 805 g/mol. The smallest absolute Gasteiger partial charge is 0.390 e. The lowest BCUT2D eigenvalue weighted by molar-refractivity contribution is -0.225. The Hall–Kier alpha value is -2.59. The lowest BCUT2D eigenvalue weighted by Gasteiger charge is -2.62. The molecule has 0 radical (unpaired) electrons. The number of allylic oxidation sites excluding steroid dienone is 8. The number of alkyl halides is 2. The summed E-state index contributed by atoms with van der Waals surface area (Å²) in [5, 5.41) is 58.9. The van der Waals surface area contributed by atoms with Crippen molar-refractivity contribution in [3.05, 3.63) is 47.6 Å². The summed E-state index contributed by atoms with van der Waals surface area (Å²) in [4.78, 5) is 63.3. The minimum atomic E-state index is -5.52. The number of phosphoric ester groups is 1. The van der Waals surface area contributed by atoms with Gasteiger partial charge in [-0.05, 0) is 113 Å². The molecule has 16 heteroatoms. The number of aliphatic hydroxyl groups excluding tert-OH is 3. The zero-order valence-corrected chi connectivity index (χ0v) is 35.7. The van der Waals surface area contributed by atoms with Crippen molar-refractivity contribution in [2.24, 2.45) is 57.2 Å². The number of hydrogen-bond acceptors (Lipinski definition) is 12. The minimum absolute atomic E-state index is 0.0944. The Balaban J connectivity index is 0.977. The molecule has 8 rings (SSSR count). The maximum Gasteiger partial charge on any atom is 0.475 e. The first-order valence-electron chi connectivity index (χ1n) is 21.1. The van der Waals surface area contributed by atoms with E-state index in [1.807, 2.05) is 0 Å². The highest BCUT2D eigenvalue weighted by Gasteiger charge is 2.78. The number of fused-ring (bicyclic) bond motifs is 10. The average Bonchev–Trinajstić information content (AvgIpc) is 3.50. The van der Waals surface area contributed by atoms with Crippen LogP contribution in [0, 0.1) is 57.2 Å². The van der Waals surface area contributed by atoms with Crippen LogP contribution in [-0.4, -0.2) is 101 Å². The topological polar surface area (TPSA) is 225 Å². The van der Waals surface area contributed by atoms with Crippen LogP contribution in [0.15, 0.2) is 47.6 Å². The van der Waals surface area contributed by atoms with Gasteiger partial charge in [-0.25, -0.2) is 17.9 Å². The zero-order valence-electron chi connectivity index (χ0n) is 34.8. The van der Waals surface area contributed by atoms with E-state index in [4.69, 9.17) is 9.05 Å². The molecule has 8 aliphatic rings. The molecule has 6 fully saturated rings. The van der Waals surface area contributed by atoms with E-state index in [-0.39, 0.29) is 43.7 Å². The number of ketones is 4. The highest BCUT2D eigenvalue weighted by molar-refractivity contribution is 7.47. The van der Waals surface area contributed by atoms with Crippen LogP contribution >= 0.6 is 7.82 Å². The number of aliphatic hydroxyl groups is 5. The van der Waals surface area contributed by atoms with E-state index >= 15 is 8.78 Å². The van der Waals surface area contributed by atoms with Crippen molar-refractivity contribution in [3.63, 3.8) is 0 Å². The Morgan fingerprint density at radius 2 is 1.20 bits per heavy atom. The van der Waals surface area contributed by atoms with Crippen molar-refractivity contribution in [2.45, 2.75) is 134 Å². The second-order valence-corrected chi connectivity index (χ2v) is 21.7. The average molecular weight is 863 g/mol. The monoisotopic (exact) mass is 862 g/mol. The molecule has 13 nitrogen and oxygen atoms in total. The second-order valence-electron chi connectivity index (χ2n) is 20.3. The largest absolute Gasteiger partial charge is 0.475 e. The maximum atomic E-state index is 17.6. The zero-order chi connectivity index (χ0) is 44.2. The molecule has 0 aromatic heterocycles. The highest BCUT2D eigenvalue weighted by Crippen LogP contribution is 2.73. The van der Waals surface area contributed by atoms with E-state index in [0.29, 0.717) is 24.0 Å². The number of carbonyl (C=O) groups is 4. The number of halogens is 2. The Morgan fingerprint density at radius 3 is 1.65 bits per heavy atom. The van der Waals surface area contributed by atoms with Crippen LogP contribution < -0.4 is 0 Å². The summed E-state index contributed by atoms with van der Waals surface area (Å²) in [6, 6.07) is 0. The van der Waals surface area contributed by atoms with E-state index in [9.17, 15) is 54.2 Å². The number of hydrogen-bond donors (Lipinski definition) is 6. The molecule has 6 unspecified atom stereocenters. The van der Waals surface area contributed by atoms with Crippen molar-refractivity contribution >= 4 is 31.0 Å². The molecule has 0 bridgehead atoms. The number of carbonyl (C=O) groups excluding carboxylic acids is 4. The van der Waals surface area contributed by atoms with Crippen LogP contribution in [0.2, 0.25) is 0 Å². The van der Waals surface area contributed by atoms with E-state index < -0.39 is 131 Å². The predicted octanol–water partition coefficient (Wildman–Crippen LogP) is 4.27. The van der Waals surface area contributed by atoms with Crippen LogP contribution in [0.5, 0.6) is 0 Å². The van der Waals surface area contributed by atoms with Crippen LogP contribution in [0.1, 0.15) is 92.9 Å². The molecule has 0 heterocycles. The molecule has 8 aliphatic carbocycles. The van der Waals surface area contributed by atoms with Crippen molar-refractivity contribution < 1.29 is 72.0 Å². The van der Waals surface area contributed by atoms with Crippen LogP contribution in [0.4, 0.5) is 8.78 Å². The molecule has 0 aromatic rings. The SMILES string of the molecule is C[C@@H]1CC2C3CCC4=CC(=O)C=C[C@]4(C)[C@@]3(F)[C@@H](O)C[C@]2(C)[C@@]1(O)C(=O)COP(=O)(O)OC(O)C(=O)[C@@]1(O)[C@H](C)CC2C3CCC4=CC(=O)C=C[C@]4(C)[C@@]3(F)[C@@H](O)C[C@@]21C. The third-order valence-corrected chi connectivity index (χ3v) is 19.0. The lowest BCUT2D eigenvalue weighted by Crippen LogP contribution is -2.69. The molecule has 18 atom stereocenters. The van der Waals surface area contributed by atoms with Crippen LogP contribution in [0.3, 0.4) is 0 Å². The fourth-order valence-electron chi connectivity index (χ4n) is 14.9. The fraction of sp³-hybridized carbons (Fsp3) is 0.727. The normalized spacial score (nSPS) is 51.8. The molecule has 6 N–H and O–H groups in total. The third kappa shape index (κ3) is 5.27. The summed E-state index contributed by atoms with van der Waals surface area (Å²) < 4.78 is 58.4. The number of phosphoric acid groups is 1. The Kier molecular flexibility index (Phi) is 9.88. The van der Waals surface area contributed by atoms with Gasteiger partial charge in [-0.3, -0.25) is 23.7 Å². The summed E-state index contributed by atoms with van der Waals surface area (Å²) in [5.74, 6) is -7.87. The molecule has 0 amide bonds. The van der Waals surface area contributed by atoms with Gasteiger partial charge >= 0.3 is 7.82 Å². The van der Waals surface area contributed by atoms with Crippen LogP contribution in [-0.2, 0) is 32.8 Å². The Bertz CT molecular complexity index is 2120. The summed E-state index contributed by atoms with van der Waals surface area (Å²) in [6.45, 7) is 8.22. The second kappa shape index (κ2) is 13.5. The molecular formula is C44H57F2O13P. The first kappa shape index (κ1) is 44.0. The quantitative estimate of drug-likeness (QED) is 0.148. The maximum absolute atomic E-state index is 17.6. The van der Waals surface area contributed by atoms with Crippen molar-refractivity contribution in [3.8, 4) is 0 Å². The highest BCUT2D eigenvalue weighted by atomic mass is 31.2. The standard InChI is InChI=1S/C44H57F2O13P/c1-22-15-30-28-9-7-24-17-26(47)11-13-37(24,3)41(28,45)32(49)19-39(30,5)43(22,54)34(51)21-58-60(56,57)59-36(53)35(52)44(55)23(2)16-31-29-10-8-25-18-27(48)12-14-38(25,4)42(29,46)33(50)20-40(31,44)6/h11-14,17-18,22-23,28-33,36,49-50,53-55H,7-10,15-16,19-21H2,1-6H3,(H,56,57)/t22-,23-,28?,29?,30?,31?,32+,33+,36?,37+,38+,39+,40+,41+,42+,43+,44+/m1/s1. The van der Waals surface area contributed by atoms with Gasteiger partial charge in [0.05, 0.1) is 12.2 Å². The van der Waals surface area contributed by atoms with Gasteiger partial charge < -0.3 is 30.4 Å². The van der Waals surface area contributed by atoms with Gasteiger partial charge in [0, 0.05) is 33.5 Å². The number of Topliss-reactive ketones (excluding diaryl/α,β-unsaturated/α-hetero) is 2. The number of rotatable bonds is 8. The first-order chi connectivity index (χ1) is 27.6. The summed E-state index contributed by atoms with van der Waals surface area (Å²) in [7, 11) is -5.52. The summed E-state index contributed by atoms with van der Waals surface area (Å²) in [6.07, 6.45) is 2.75. The van der Waals surface area contributed by atoms with E-state index in [1.54, 1.807) is 27.7 Å². The minimum Gasteiger partial charge on any atom is -0.390 e. The van der Waals surface area contributed by atoms with Crippen molar-refractivity contribution in [1.29, 1.82) is 0 Å². The fourth-order valence-corrected chi connectivity index (χ4v) is 15.5. The molecule has 0 spiro atoms. The van der Waals surface area contributed by atoms with Gasteiger partial charge in [0.25, 0.3) is 0 Å². The molecule has 0 aromatic carbocycles. The van der Waals surface area contributed by atoms with Gasteiger partial charge in [0.15, 0.2) is 28.7 Å². The third-order valence-electron chi connectivity index (χ3n) is 18.1. The van der Waals surface area contributed by atoms with Crippen LogP contribution in [0.25, 0.3) is 0 Å². The molecule has 0 saturated heterocycles. The van der Waals surface area contributed by atoms with Gasteiger partial charge in [-0.2, -0.15) is 0 Å². The van der Waals surface area contributed by atoms with Gasteiger partial charge in [-0.15, -0.1) is 0 Å². The summed E-state index contributed by atoms with van der Waals surface area (Å²) in [5.41, 5.74) is -13.8. The molecule has 6 saturated carbocycles. The van der Waals surface area contributed by atoms with Crippen molar-refractivity contribution in [1.82, 2.24) is 0 Å². The van der Waals surface area contributed by atoms with Gasteiger partial charge in [-0.1, -0.05) is 51.0 Å². The van der Waals surface area contributed by atoms with E-state index in [0.717, 1.165) is 0 Å². The Labute approximate surface area is 347 Å². The van der Waals surface area contributed by atoms with Gasteiger partial charge in [0.2, 0.25) is 12.1 Å².